The first-order valence-corrected chi connectivity index (χ1v) is 11.9. The molecule has 0 aromatic carbocycles. The van der Waals surface area contributed by atoms with Gasteiger partial charge in [0.15, 0.2) is 0 Å². The first-order chi connectivity index (χ1) is 13.7. The van der Waals surface area contributed by atoms with E-state index in [9.17, 15) is 0 Å². The van der Waals surface area contributed by atoms with Crippen LogP contribution in [0.4, 0.5) is 0 Å². The molecule has 0 aliphatic carbocycles. The molecule has 0 unspecified atom stereocenters. The lowest BCUT2D eigenvalue weighted by Gasteiger charge is -2.45. The summed E-state index contributed by atoms with van der Waals surface area (Å²) in [5, 5.41) is 5.52. The van der Waals surface area contributed by atoms with E-state index in [-0.39, 0.29) is 6.10 Å². The number of piperidine rings is 1. The largest absolute Gasteiger partial charge is 0.367 e. The van der Waals surface area contributed by atoms with Crippen LogP contribution in [0.25, 0.3) is 5.52 Å². The van der Waals surface area contributed by atoms with Crippen molar-refractivity contribution in [2.45, 2.75) is 61.3 Å². The Morgan fingerprint density at radius 2 is 2.04 bits per heavy atom. The molecule has 6 nitrogen and oxygen atoms in total. The zero-order chi connectivity index (χ0) is 19.1. The summed E-state index contributed by atoms with van der Waals surface area (Å²) >= 11 is 1.67. The average molecular weight is 402 g/mol. The van der Waals surface area contributed by atoms with Gasteiger partial charge < -0.3 is 9.64 Å². The van der Waals surface area contributed by atoms with Crippen LogP contribution in [-0.4, -0.2) is 75.5 Å². The molecule has 5 rings (SSSR count). The third kappa shape index (κ3) is 3.26. The minimum Gasteiger partial charge on any atom is -0.367 e. The van der Waals surface area contributed by atoms with E-state index >= 15 is 0 Å². The Labute approximate surface area is 171 Å². The summed E-state index contributed by atoms with van der Waals surface area (Å²) in [6, 6.07) is 4.30. The smallest absolute Gasteiger partial charge is 0.137 e. The van der Waals surface area contributed by atoms with Gasteiger partial charge in [0.05, 0.1) is 17.3 Å². The maximum absolute atomic E-state index is 6.56. The zero-order valence-corrected chi connectivity index (χ0v) is 17.8. The van der Waals surface area contributed by atoms with Crippen molar-refractivity contribution in [1.29, 1.82) is 0 Å². The summed E-state index contributed by atoms with van der Waals surface area (Å²) in [5.41, 5.74) is 2.70. The number of rotatable bonds is 4. The summed E-state index contributed by atoms with van der Waals surface area (Å²) in [6.45, 7) is 4.80. The van der Waals surface area contributed by atoms with Crippen molar-refractivity contribution < 1.29 is 4.74 Å². The van der Waals surface area contributed by atoms with Crippen LogP contribution in [0.2, 0.25) is 0 Å². The first-order valence-electron chi connectivity index (χ1n) is 10.6. The molecule has 2 aromatic rings. The Kier molecular flexibility index (Phi) is 5.11. The minimum absolute atomic E-state index is 0.146. The summed E-state index contributed by atoms with van der Waals surface area (Å²) in [7, 11) is 2.25. The van der Waals surface area contributed by atoms with E-state index in [1.54, 1.807) is 18.1 Å². The molecule has 3 aliphatic rings. The van der Waals surface area contributed by atoms with Gasteiger partial charge in [-0.2, -0.15) is 5.10 Å². The molecule has 0 N–H and O–H groups in total. The number of aromatic nitrogens is 3. The van der Waals surface area contributed by atoms with E-state index in [0.717, 1.165) is 29.9 Å². The van der Waals surface area contributed by atoms with Crippen molar-refractivity contribution in [1.82, 2.24) is 24.4 Å². The Bertz CT molecular complexity index is 831. The Morgan fingerprint density at radius 3 is 2.86 bits per heavy atom. The van der Waals surface area contributed by atoms with Gasteiger partial charge >= 0.3 is 0 Å². The molecule has 3 saturated heterocycles. The Balaban J connectivity index is 1.28. The Morgan fingerprint density at radius 1 is 1.18 bits per heavy atom. The molecule has 152 valence electrons. The fourth-order valence-electron chi connectivity index (χ4n) is 5.52. The number of hydrogen-bond donors (Lipinski definition) is 0. The van der Waals surface area contributed by atoms with E-state index in [4.69, 9.17) is 4.74 Å². The third-order valence-corrected chi connectivity index (χ3v) is 7.86. The van der Waals surface area contributed by atoms with Crippen molar-refractivity contribution in [3.63, 3.8) is 0 Å². The maximum atomic E-state index is 6.56. The van der Waals surface area contributed by atoms with E-state index in [2.05, 4.69) is 45.3 Å². The van der Waals surface area contributed by atoms with Crippen molar-refractivity contribution in [3.05, 3.63) is 24.2 Å². The molecule has 0 amide bonds. The standard InChI is InChI=1S/C21H31N5OS/c1-24-12-9-21(10-13-24)8-3-11-25(21)14-16-4-7-19(27-16)17-5-6-18-20(28-2)22-15-23-26(17)18/h5-6,15-16,19H,3-4,7-14H2,1-2H3/t16-,19+/m0/s1. The van der Waals surface area contributed by atoms with Crippen LogP contribution in [0.5, 0.6) is 0 Å². The van der Waals surface area contributed by atoms with Gasteiger partial charge in [-0.05, 0) is 83.6 Å². The second kappa shape index (κ2) is 7.59. The average Bonchev–Trinajstić information content (AvgIpc) is 3.43. The maximum Gasteiger partial charge on any atom is 0.137 e. The molecule has 0 radical (unpaired) electrons. The number of ether oxygens (including phenoxy) is 1. The van der Waals surface area contributed by atoms with Crippen LogP contribution in [0, 0.1) is 0 Å². The molecule has 3 fully saturated rings. The van der Waals surface area contributed by atoms with E-state index < -0.39 is 0 Å². The van der Waals surface area contributed by atoms with Crippen molar-refractivity contribution >= 4 is 17.3 Å². The molecule has 0 saturated carbocycles. The predicted molar refractivity (Wildman–Crippen MR) is 112 cm³/mol. The molecule has 5 heterocycles. The molecule has 2 atom stereocenters. The monoisotopic (exact) mass is 401 g/mol. The lowest BCUT2D eigenvalue weighted by atomic mass is 9.85. The van der Waals surface area contributed by atoms with E-state index in [1.807, 2.05) is 4.52 Å². The number of likely N-dealkylation sites (tertiary alicyclic amines) is 2. The van der Waals surface area contributed by atoms with Crippen molar-refractivity contribution in [3.8, 4) is 0 Å². The van der Waals surface area contributed by atoms with Gasteiger partial charge in [0.1, 0.15) is 17.5 Å². The molecular weight excluding hydrogens is 370 g/mol. The quantitative estimate of drug-likeness (QED) is 0.733. The second-order valence-electron chi connectivity index (χ2n) is 8.73. The molecule has 0 bridgehead atoms. The third-order valence-electron chi connectivity index (χ3n) is 7.16. The number of hydrogen-bond acceptors (Lipinski definition) is 6. The normalized spacial score (nSPS) is 28.6. The Hall–Kier alpha value is -1.15. The van der Waals surface area contributed by atoms with Gasteiger partial charge in [-0.15, -0.1) is 11.8 Å². The van der Waals surface area contributed by atoms with Gasteiger partial charge in [-0.3, -0.25) is 4.90 Å². The highest BCUT2D eigenvalue weighted by molar-refractivity contribution is 7.98. The highest BCUT2D eigenvalue weighted by atomic mass is 32.2. The molecular formula is C21H31N5OS. The van der Waals surface area contributed by atoms with Crippen LogP contribution < -0.4 is 0 Å². The lowest BCUT2D eigenvalue weighted by molar-refractivity contribution is -0.0124. The number of fused-ring (bicyclic) bond motifs is 1. The van der Waals surface area contributed by atoms with E-state index in [1.165, 1.54) is 51.0 Å². The summed E-state index contributed by atoms with van der Waals surface area (Å²) in [4.78, 5) is 9.64. The van der Waals surface area contributed by atoms with Crippen molar-refractivity contribution in [2.75, 3.05) is 39.5 Å². The summed E-state index contributed by atoms with van der Waals surface area (Å²) in [6.07, 6.45) is 11.8. The van der Waals surface area contributed by atoms with Crippen LogP contribution in [0.3, 0.4) is 0 Å². The van der Waals surface area contributed by atoms with E-state index in [0.29, 0.717) is 11.6 Å². The zero-order valence-electron chi connectivity index (χ0n) is 17.0. The fourth-order valence-corrected chi connectivity index (χ4v) is 6.03. The molecule has 7 heteroatoms. The van der Waals surface area contributed by atoms with Gasteiger partial charge in [-0.1, -0.05) is 0 Å². The van der Waals surface area contributed by atoms with Crippen LogP contribution >= 0.6 is 11.8 Å². The van der Waals surface area contributed by atoms with Crippen molar-refractivity contribution in [2.24, 2.45) is 0 Å². The summed E-state index contributed by atoms with van der Waals surface area (Å²) < 4.78 is 8.59. The van der Waals surface area contributed by atoms with Gasteiger partial charge in [0.25, 0.3) is 0 Å². The van der Waals surface area contributed by atoms with Crippen LogP contribution in [-0.2, 0) is 4.74 Å². The number of thioether (sulfide) groups is 1. The van der Waals surface area contributed by atoms with Gasteiger partial charge in [-0.25, -0.2) is 9.50 Å². The van der Waals surface area contributed by atoms with Crippen LogP contribution in [0.1, 0.15) is 50.3 Å². The number of nitrogens with zero attached hydrogens (tertiary/aromatic N) is 5. The molecule has 3 aliphatic heterocycles. The fraction of sp³-hybridized carbons (Fsp3) is 0.714. The second-order valence-corrected chi connectivity index (χ2v) is 9.52. The molecule has 1 spiro atoms. The highest BCUT2D eigenvalue weighted by Crippen LogP contribution is 2.40. The van der Waals surface area contributed by atoms with Crippen LogP contribution in [0.15, 0.2) is 23.5 Å². The predicted octanol–water partition coefficient (Wildman–Crippen LogP) is 3.23. The molecule has 2 aromatic heterocycles. The highest BCUT2D eigenvalue weighted by Gasteiger charge is 2.44. The SMILES string of the molecule is CSc1ncnn2c([C@H]3CC[C@@H](CN4CCCC45CCN(C)CC5)O3)ccc12. The molecule has 28 heavy (non-hydrogen) atoms. The minimum atomic E-state index is 0.146. The first kappa shape index (κ1) is 18.9. The van der Waals surface area contributed by atoms with Gasteiger partial charge in [0, 0.05) is 12.1 Å². The topological polar surface area (TPSA) is 45.9 Å². The summed E-state index contributed by atoms with van der Waals surface area (Å²) in [5.74, 6) is 0. The van der Waals surface area contributed by atoms with Gasteiger partial charge in [0.2, 0.25) is 0 Å². The lowest BCUT2D eigenvalue weighted by Crippen LogP contribution is -2.53.